The fourth-order valence-electron chi connectivity index (χ4n) is 2.79. The van der Waals surface area contributed by atoms with Gasteiger partial charge >= 0.3 is 0 Å². The molecule has 0 radical (unpaired) electrons. The number of nitrogens with zero attached hydrogens (tertiary/aromatic N) is 3. The minimum Gasteiger partial charge on any atom is -0.368 e. The Labute approximate surface area is 182 Å². The number of guanidine groups is 1. The Kier molecular flexibility index (Phi) is 10.0. The van der Waals surface area contributed by atoms with Gasteiger partial charge in [-0.05, 0) is 52.0 Å². The highest BCUT2D eigenvalue weighted by Gasteiger charge is 2.21. The number of halogens is 2. The van der Waals surface area contributed by atoms with Gasteiger partial charge in [-0.1, -0.05) is 0 Å². The molecule has 0 bridgehead atoms. The van der Waals surface area contributed by atoms with Gasteiger partial charge in [0.05, 0.1) is 6.54 Å². The highest BCUT2D eigenvalue weighted by Crippen LogP contribution is 2.17. The Morgan fingerprint density at radius 1 is 1.19 bits per heavy atom. The quantitative estimate of drug-likeness (QED) is 0.376. The summed E-state index contributed by atoms with van der Waals surface area (Å²) >= 11 is 0. The average molecular weight is 510 g/mol. The highest BCUT2D eigenvalue weighted by molar-refractivity contribution is 14.0. The standard InChI is InChI=1S/C19H31FN4OS.HI/c1-5-21-18(22-10-15-26(25)19(2,3)4)24-13-11-23(12-14-24)17-8-6-16(20)7-9-17;/h6-9H,5,10-15H2,1-4H3,(H,21,22);1H. The monoisotopic (exact) mass is 510 g/mol. The lowest BCUT2D eigenvalue weighted by Crippen LogP contribution is -2.52. The van der Waals surface area contributed by atoms with Crippen LogP contribution in [0.2, 0.25) is 0 Å². The van der Waals surface area contributed by atoms with E-state index in [4.69, 9.17) is 0 Å². The maximum atomic E-state index is 13.1. The third kappa shape index (κ3) is 7.56. The molecule has 1 N–H and O–H groups in total. The zero-order valence-corrected chi connectivity index (χ0v) is 19.9. The first-order chi connectivity index (χ1) is 12.3. The lowest BCUT2D eigenvalue weighted by Gasteiger charge is -2.37. The molecule has 1 fully saturated rings. The van der Waals surface area contributed by atoms with Crippen molar-refractivity contribution in [2.75, 3.05) is 49.9 Å². The molecule has 0 saturated carbocycles. The Hall–Kier alpha value is -0.900. The molecular weight excluding hydrogens is 478 g/mol. The van der Waals surface area contributed by atoms with Gasteiger partial charge in [0, 0.05) is 59.7 Å². The second kappa shape index (κ2) is 11.2. The normalized spacial score (nSPS) is 16.7. The SMILES string of the molecule is CCNC(=NCCS(=O)C(C)(C)C)N1CCN(c2ccc(F)cc2)CC1.I. The fraction of sp³-hybridized carbons (Fsp3) is 0.632. The van der Waals surface area contributed by atoms with Gasteiger partial charge in [-0.25, -0.2) is 4.39 Å². The maximum absolute atomic E-state index is 13.1. The highest BCUT2D eigenvalue weighted by atomic mass is 127. The average Bonchev–Trinajstić information content (AvgIpc) is 2.61. The van der Waals surface area contributed by atoms with Crippen molar-refractivity contribution in [3.05, 3.63) is 30.1 Å². The summed E-state index contributed by atoms with van der Waals surface area (Å²) in [6, 6.07) is 6.66. The predicted octanol–water partition coefficient (Wildman–Crippen LogP) is 3.08. The van der Waals surface area contributed by atoms with Crippen LogP contribution in [0.3, 0.4) is 0 Å². The van der Waals surface area contributed by atoms with E-state index in [2.05, 4.69) is 27.0 Å². The summed E-state index contributed by atoms with van der Waals surface area (Å²) in [6.45, 7) is 12.8. The summed E-state index contributed by atoms with van der Waals surface area (Å²) in [7, 11) is -0.887. The van der Waals surface area contributed by atoms with Crippen LogP contribution in [0.4, 0.5) is 10.1 Å². The van der Waals surface area contributed by atoms with E-state index in [1.54, 1.807) is 0 Å². The van der Waals surface area contributed by atoms with Crippen LogP contribution in [0.5, 0.6) is 0 Å². The number of rotatable bonds is 5. The van der Waals surface area contributed by atoms with Crippen LogP contribution in [0, 0.1) is 5.82 Å². The summed E-state index contributed by atoms with van der Waals surface area (Å²) in [4.78, 5) is 9.17. The van der Waals surface area contributed by atoms with E-state index >= 15 is 0 Å². The number of piperazine rings is 1. The molecular formula is C19H32FIN4OS. The first kappa shape index (κ1) is 24.1. The first-order valence-electron chi connectivity index (χ1n) is 9.23. The second-order valence-electron chi connectivity index (χ2n) is 7.35. The molecule has 1 atom stereocenters. The maximum Gasteiger partial charge on any atom is 0.194 e. The Balaban J connectivity index is 0.00000364. The largest absolute Gasteiger partial charge is 0.368 e. The molecule has 27 heavy (non-hydrogen) atoms. The van der Waals surface area contributed by atoms with Crippen LogP contribution in [0.15, 0.2) is 29.3 Å². The summed E-state index contributed by atoms with van der Waals surface area (Å²) in [5.74, 6) is 1.26. The van der Waals surface area contributed by atoms with E-state index < -0.39 is 10.8 Å². The summed E-state index contributed by atoms with van der Waals surface area (Å²) in [5.41, 5.74) is 1.05. The molecule has 1 aliphatic heterocycles. The summed E-state index contributed by atoms with van der Waals surface area (Å²) in [5, 5.41) is 3.34. The lowest BCUT2D eigenvalue weighted by molar-refractivity contribution is 0.373. The molecule has 0 aliphatic carbocycles. The number of anilines is 1. The molecule has 8 heteroatoms. The van der Waals surface area contributed by atoms with E-state index in [9.17, 15) is 8.60 Å². The van der Waals surface area contributed by atoms with Crippen molar-refractivity contribution < 1.29 is 8.60 Å². The van der Waals surface area contributed by atoms with Gasteiger partial charge in [0.1, 0.15) is 5.82 Å². The first-order valence-corrected chi connectivity index (χ1v) is 10.6. The van der Waals surface area contributed by atoms with Crippen LogP contribution in [0.25, 0.3) is 0 Å². The molecule has 1 aromatic rings. The Morgan fingerprint density at radius 2 is 1.78 bits per heavy atom. The summed E-state index contributed by atoms with van der Waals surface area (Å²) in [6.07, 6.45) is 0. The van der Waals surface area contributed by atoms with Crippen molar-refractivity contribution in [2.45, 2.75) is 32.4 Å². The van der Waals surface area contributed by atoms with E-state index in [-0.39, 0.29) is 34.5 Å². The lowest BCUT2D eigenvalue weighted by atomic mass is 10.2. The molecule has 1 saturated heterocycles. The zero-order valence-electron chi connectivity index (χ0n) is 16.7. The van der Waals surface area contributed by atoms with Crippen molar-refractivity contribution in [1.29, 1.82) is 0 Å². The Morgan fingerprint density at radius 3 is 2.30 bits per heavy atom. The van der Waals surface area contributed by atoms with Crippen LogP contribution in [0.1, 0.15) is 27.7 Å². The van der Waals surface area contributed by atoms with E-state index in [0.29, 0.717) is 12.3 Å². The van der Waals surface area contributed by atoms with Crippen molar-refractivity contribution >= 4 is 46.4 Å². The third-order valence-corrected chi connectivity index (χ3v) is 6.25. The number of aliphatic imine (C=N–C) groups is 1. The molecule has 154 valence electrons. The zero-order chi connectivity index (χ0) is 19.2. The minimum absolute atomic E-state index is 0. The summed E-state index contributed by atoms with van der Waals surface area (Å²) < 4.78 is 25.1. The number of hydrogen-bond acceptors (Lipinski definition) is 3. The topological polar surface area (TPSA) is 47.9 Å². The molecule has 1 unspecified atom stereocenters. The molecule has 5 nitrogen and oxygen atoms in total. The molecule has 1 aliphatic rings. The number of hydrogen-bond donors (Lipinski definition) is 1. The van der Waals surface area contributed by atoms with Crippen LogP contribution < -0.4 is 10.2 Å². The van der Waals surface area contributed by atoms with Gasteiger partial charge in [0.25, 0.3) is 0 Å². The third-order valence-electron chi connectivity index (χ3n) is 4.33. The van der Waals surface area contributed by atoms with E-state index in [1.807, 2.05) is 32.9 Å². The van der Waals surface area contributed by atoms with Gasteiger partial charge in [-0.2, -0.15) is 0 Å². The second-order valence-corrected chi connectivity index (χ2v) is 9.67. The number of nitrogens with one attached hydrogen (secondary N) is 1. The molecule has 0 aromatic heterocycles. The van der Waals surface area contributed by atoms with Crippen molar-refractivity contribution in [2.24, 2.45) is 4.99 Å². The van der Waals surface area contributed by atoms with Crippen molar-refractivity contribution in [3.8, 4) is 0 Å². The van der Waals surface area contributed by atoms with Crippen LogP contribution in [-0.2, 0) is 10.8 Å². The van der Waals surface area contributed by atoms with Crippen LogP contribution >= 0.6 is 24.0 Å². The van der Waals surface area contributed by atoms with Gasteiger partial charge in [-0.15, -0.1) is 24.0 Å². The van der Waals surface area contributed by atoms with Crippen LogP contribution in [-0.4, -0.2) is 64.8 Å². The molecule has 2 rings (SSSR count). The Bertz CT molecular complexity index is 626. The fourth-order valence-corrected chi connectivity index (χ4v) is 3.66. The smallest absolute Gasteiger partial charge is 0.194 e. The van der Waals surface area contributed by atoms with Crippen molar-refractivity contribution in [1.82, 2.24) is 10.2 Å². The van der Waals surface area contributed by atoms with Gasteiger partial charge in [0.15, 0.2) is 5.96 Å². The van der Waals surface area contributed by atoms with Gasteiger partial charge in [0.2, 0.25) is 0 Å². The predicted molar refractivity (Wildman–Crippen MR) is 124 cm³/mol. The molecule has 0 spiro atoms. The van der Waals surface area contributed by atoms with Gasteiger partial charge < -0.3 is 15.1 Å². The van der Waals surface area contributed by atoms with E-state index in [0.717, 1.165) is 44.4 Å². The minimum atomic E-state index is -0.887. The number of benzene rings is 1. The molecule has 0 amide bonds. The molecule has 1 heterocycles. The van der Waals surface area contributed by atoms with Crippen molar-refractivity contribution in [3.63, 3.8) is 0 Å². The molecule has 1 aromatic carbocycles. The van der Waals surface area contributed by atoms with Gasteiger partial charge in [-0.3, -0.25) is 9.20 Å². The van der Waals surface area contributed by atoms with E-state index in [1.165, 1.54) is 12.1 Å².